The highest BCUT2D eigenvalue weighted by Gasteiger charge is 2.69. The van der Waals surface area contributed by atoms with Crippen LogP contribution in [0.25, 0.3) is 0 Å². The minimum atomic E-state index is -1.50. The zero-order chi connectivity index (χ0) is 21.7. The van der Waals surface area contributed by atoms with Gasteiger partial charge in [0.15, 0.2) is 5.54 Å². The number of carbonyl (C=O) groups is 3. The van der Waals surface area contributed by atoms with Crippen LogP contribution in [0, 0.1) is 23.7 Å². The number of allylic oxidation sites excluding steroid dienone is 1. The molecule has 0 saturated heterocycles. The Morgan fingerprint density at radius 1 is 1.10 bits per heavy atom. The minimum absolute atomic E-state index is 0.0546. The van der Waals surface area contributed by atoms with E-state index >= 15 is 0 Å². The quantitative estimate of drug-likeness (QED) is 0.398. The number of rotatable bonds is 8. The highest BCUT2D eigenvalue weighted by molar-refractivity contribution is 5.93. The first-order chi connectivity index (χ1) is 14.5. The van der Waals surface area contributed by atoms with E-state index in [0.717, 1.165) is 5.56 Å². The molecule has 0 unspecified atom stereocenters. The lowest BCUT2D eigenvalue weighted by Gasteiger charge is -2.42. The molecule has 1 aromatic rings. The largest absolute Gasteiger partial charge is 0.466 e. The number of fused-ring (bicyclic) bond motifs is 2. The lowest BCUT2D eigenvalue weighted by atomic mass is 9.68. The van der Waals surface area contributed by atoms with Crippen molar-refractivity contribution >= 4 is 18.0 Å². The number of hydrogen-bond acceptors (Lipinski definition) is 6. The summed E-state index contributed by atoms with van der Waals surface area (Å²) in [7, 11) is 0. The van der Waals surface area contributed by atoms with Crippen LogP contribution in [0.1, 0.15) is 32.3 Å². The van der Waals surface area contributed by atoms with Gasteiger partial charge in [-0.25, -0.2) is 9.59 Å². The maximum absolute atomic E-state index is 13.2. The van der Waals surface area contributed by atoms with Crippen LogP contribution in [0.5, 0.6) is 0 Å². The molecule has 2 fully saturated rings. The van der Waals surface area contributed by atoms with Crippen LogP contribution < -0.4 is 5.32 Å². The number of ether oxygens (including phenoxy) is 3. The van der Waals surface area contributed by atoms with Gasteiger partial charge >= 0.3 is 18.0 Å². The second kappa shape index (κ2) is 9.32. The van der Waals surface area contributed by atoms with Crippen LogP contribution in [0.3, 0.4) is 0 Å². The molecule has 1 N–H and O–H groups in total. The van der Waals surface area contributed by atoms with Gasteiger partial charge in [0, 0.05) is 0 Å². The molecule has 5 atom stereocenters. The molecule has 1 aromatic carbocycles. The molecular weight excluding hydrogens is 386 g/mol. The van der Waals surface area contributed by atoms with Gasteiger partial charge in [0.2, 0.25) is 0 Å². The Labute approximate surface area is 176 Å². The van der Waals surface area contributed by atoms with Crippen molar-refractivity contribution in [2.75, 3.05) is 13.2 Å². The lowest BCUT2D eigenvalue weighted by Crippen LogP contribution is -2.65. The molecule has 2 bridgehead atoms. The molecule has 3 rings (SSSR count). The fraction of sp³-hybridized carbons (Fsp3) is 0.522. The van der Waals surface area contributed by atoms with Crippen LogP contribution in [-0.4, -0.2) is 36.8 Å². The molecule has 2 saturated carbocycles. The third-order valence-electron chi connectivity index (χ3n) is 6.20. The minimum Gasteiger partial charge on any atom is -0.466 e. The van der Waals surface area contributed by atoms with Crippen LogP contribution in [0.2, 0.25) is 0 Å². The van der Waals surface area contributed by atoms with E-state index in [1.54, 1.807) is 13.8 Å². The Kier molecular flexibility index (Phi) is 6.80. The van der Waals surface area contributed by atoms with Crippen LogP contribution in [-0.2, 0) is 30.4 Å². The fourth-order valence-corrected chi connectivity index (χ4v) is 5.02. The Morgan fingerprint density at radius 3 is 2.43 bits per heavy atom. The summed E-state index contributed by atoms with van der Waals surface area (Å²) in [6, 6.07) is 9.23. The van der Waals surface area contributed by atoms with Gasteiger partial charge in [-0.15, -0.1) is 6.58 Å². The lowest BCUT2D eigenvalue weighted by molar-refractivity contribution is -0.168. The second-order valence-electron chi connectivity index (χ2n) is 7.74. The van der Waals surface area contributed by atoms with Crippen LogP contribution in [0.4, 0.5) is 4.79 Å². The van der Waals surface area contributed by atoms with Crippen molar-refractivity contribution in [1.82, 2.24) is 5.32 Å². The number of alkyl carbamates (subject to hydrolysis) is 1. The first kappa shape index (κ1) is 21.9. The summed E-state index contributed by atoms with van der Waals surface area (Å²) in [6.45, 7) is 7.65. The molecule has 2 aliphatic carbocycles. The average Bonchev–Trinajstić information content (AvgIpc) is 3.30. The van der Waals surface area contributed by atoms with Crippen molar-refractivity contribution in [3.8, 4) is 0 Å². The van der Waals surface area contributed by atoms with E-state index in [9.17, 15) is 14.4 Å². The Balaban J connectivity index is 1.88. The van der Waals surface area contributed by atoms with Crippen LogP contribution in [0.15, 0.2) is 43.0 Å². The van der Waals surface area contributed by atoms with Gasteiger partial charge in [-0.3, -0.25) is 4.79 Å². The topological polar surface area (TPSA) is 90.9 Å². The summed E-state index contributed by atoms with van der Waals surface area (Å²) in [4.78, 5) is 38.8. The Hall–Kier alpha value is -2.83. The van der Waals surface area contributed by atoms with E-state index in [1.807, 2.05) is 36.4 Å². The predicted octanol–water partition coefficient (Wildman–Crippen LogP) is 3.24. The van der Waals surface area contributed by atoms with Gasteiger partial charge in [0.1, 0.15) is 6.61 Å². The number of esters is 2. The van der Waals surface area contributed by atoms with E-state index in [-0.39, 0.29) is 37.6 Å². The normalized spacial score (nSPS) is 29.1. The molecule has 1 amide bonds. The number of benzene rings is 1. The molecule has 30 heavy (non-hydrogen) atoms. The zero-order valence-electron chi connectivity index (χ0n) is 17.5. The zero-order valence-corrected chi connectivity index (χ0v) is 17.5. The third-order valence-corrected chi connectivity index (χ3v) is 6.20. The fourth-order valence-electron chi connectivity index (χ4n) is 5.02. The van der Waals surface area contributed by atoms with Gasteiger partial charge in [-0.05, 0) is 50.0 Å². The van der Waals surface area contributed by atoms with Crippen molar-refractivity contribution in [3.05, 3.63) is 48.6 Å². The summed E-state index contributed by atoms with van der Waals surface area (Å²) in [5, 5.41) is 2.74. The smallest absolute Gasteiger partial charge is 0.408 e. The standard InChI is InChI=1S/C23H29NO6/c1-4-16-12-17-13-18(16)19(20(25)28-5-2)23(17,21(26)29-6-3)24-22(27)30-14-15-10-8-7-9-11-15/h4,7-11,16-19H,1,5-6,12-14H2,2-3H3,(H,24,27)/t16-,17-,18-,19-,23+/m0/s1. The van der Waals surface area contributed by atoms with E-state index < -0.39 is 29.5 Å². The van der Waals surface area contributed by atoms with E-state index in [0.29, 0.717) is 12.8 Å². The van der Waals surface area contributed by atoms with E-state index in [4.69, 9.17) is 14.2 Å². The monoisotopic (exact) mass is 415 g/mol. The number of hydrogen-bond donors (Lipinski definition) is 1. The molecule has 2 aliphatic rings. The van der Waals surface area contributed by atoms with Crippen molar-refractivity contribution < 1.29 is 28.6 Å². The van der Waals surface area contributed by atoms with Gasteiger partial charge in [0.25, 0.3) is 0 Å². The molecule has 0 aliphatic heterocycles. The van der Waals surface area contributed by atoms with Gasteiger partial charge in [-0.1, -0.05) is 36.4 Å². The second-order valence-corrected chi connectivity index (χ2v) is 7.74. The first-order valence-corrected chi connectivity index (χ1v) is 10.4. The number of amides is 1. The number of carbonyl (C=O) groups excluding carboxylic acids is 3. The molecule has 0 spiro atoms. The van der Waals surface area contributed by atoms with Crippen molar-refractivity contribution in [2.45, 2.75) is 38.8 Å². The molecule has 0 radical (unpaired) electrons. The average molecular weight is 415 g/mol. The molecule has 162 valence electrons. The third kappa shape index (κ3) is 3.93. The van der Waals surface area contributed by atoms with Gasteiger partial charge in [0.05, 0.1) is 19.1 Å². The highest BCUT2D eigenvalue weighted by atomic mass is 16.6. The summed E-state index contributed by atoms with van der Waals surface area (Å²) in [6.07, 6.45) is 2.31. The molecule has 7 nitrogen and oxygen atoms in total. The summed E-state index contributed by atoms with van der Waals surface area (Å²) in [5.74, 6) is -2.30. The van der Waals surface area contributed by atoms with Gasteiger partial charge in [-0.2, -0.15) is 0 Å². The highest BCUT2D eigenvalue weighted by Crippen LogP contribution is 2.58. The van der Waals surface area contributed by atoms with E-state index in [1.165, 1.54) is 0 Å². The predicted molar refractivity (Wildman–Crippen MR) is 109 cm³/mol. The molecule has 0 heterocycles. The molecule has 7 heteroatoms. The van der Waals surface area contributed by atoms with E-state index in [2.05, 4.69) is 11.9 Å². The van der Waals surface area contributed by atoms with Crippen molar-refractivity contribution in [2.24, 2.45) is 23.7 Å². The van der Waals surface area contributed by atoms with Crippen molar-refractivity contribution in [3.63, 3.8) is 0 Å². The summed E-state index contributed by atoms with van der Waals surface area (Å²) >= 11 is 0. The van der Waals surface area contributed by atoms with Gasteiger partial charge < -0.3 is 19.5 Å². The Morgan fingerprint density at radius 2 is 1.80 bits per heavy atom. The van der Waals surface area contributed by atoms with Crippen LogP contribution >= 0.6 is 0 Å². The van der Waals surface area contributed by atoms with Crippen molar-refractivity contribution in [1.29, 1.82) is 0 Å². The molecule has 0 aromatic heterocycles. The Bertz CT molecular complexity index is 794. The molecular formula is C23H29NO6. The first-order valence-electron chi connectivity index (χ1n) is 10.4. The number of nitrogens with one attached hydrogen (secondary N) is 1. The maximum Gasteiger partial charge on any atom is 0.408 e. The maximum atomic E-state index is 13.2. The SMILES string of the molecule is C=C[C@H]1C[C@H]2C[C@@H]1[C@@H](C(=O)OCC)[C@@]2(NC(=O)OCc1ccccc1)C(=O)OCC. The summed E-state index contributed by atoms with van der Waals surface area (Å²) < 4.78 is 16.0. The summed E-state index contributed by atoms with van der Waals surface area (Å²) in [5.41, 5.74) is -0.681.